The van der Waals surface area contributed by atoms with E-state index in [0.29, 0.717) is 26.2 Å². The van der Waals surface area contributed by atoms with Gasteiger partial charge in [-0.25, -0.2) is 0 Å². The number of fused-ring (bicyclic) bond motifs is 3. The van der Waals surface area contributed by atoms with E-state index in [0.717, 1.165) is 0 Å². The Morgan fingerprint density at radius 2 is 1.79 bits per heavy atom. The fourth-order valence-corrected chi connectivity index (χ4v) is 1.67. The molecule has 3 N–H and O–H groups in total. The van der Waals surface area contributed by atoms with Crippen molar-refractivity contribution in [2.45, 2.75) is 25.4 Å². The molecule has 0 aromatic heterocycles. The third kappa shape index (κ3) is 1.78. The first-order valence-corrected chi connectivity index (χ1v) is 4.86. The lowest BCUT2D eigenvalue weighted by Gasteiger charge is -2.50. The van der Waals surface area contributed by atoms with Crippen LogP contribution in [0.5, 0.6) is 0 Å². The van der Waals surface area contributed by atoms with E-state index in [1.165, 1.54) is 0 Å². The molecule has 5 nitrogen and oxygen atoms in total. The minimum Gasteiger partial charge on any atom is -0.395 e. The summed E-state index contributed by atoms with van der Waals surface area (Å²) in [5.41, 5.74) is 5.60. The zero-order valence-electron chi connectivity index (χ0n) is 8.36. The lowest BCUT2D eigenvalue weighted by molar-refractivity contribution is -0.468. The van der Waals surface area contributed by atoms with Crippen LogP contribution in [0.4, 0.5) is 0 Å². The van der Waals surface area contributed by atoms with Crippen molar-refractivity contribution < 1.29 is 19.3 Å². The van der Waals surface area contributed by atoms with Gasteiger partial charge in [-0.2, -0.15) is 0 Å². The minimum absolute atomic E-state index is 0.0228. The molecule has 14 heavy (non-hydrogen) atoms. The zero-order chi connectivity index (χ0) is 10.2. The molecule has 0 radical (unpaired) electrons. The van der Waals surface area contributed by atoms with Gasteiger partial charge in [0.05, 0.1) is 26.4 Å². The Labute approximate surface area is 83.1 Å². The molecule has 0 spiro atoms. The van der Waals surface area contributed by atoms with Crippen molar-refractivity contribution in [1.29, 1.82) is 0 Å². The minimum atomic E-state index is -1.00. The molecule has 3 aliphatic rings. The van der Waals surface area contributed by atoms with Crippen molar-refractivity contribution in [1.82, 2.24) is 0 Å². The van der Waals surface area contributed by atoms with E-state index >= 15 is 0 Å². The van der Waals surface area contributed by atoms with Crippen LogP contribution in [0.3, 0.4) is 0 Å². The maximum absolute atomic E-state index is 8.85. The highest BCUT2D eigenvalue weighted by atomic mass is 16.9. The Balaban J connectivity index is 1.98. The molecule has 0 aromatic rings. The molecule has 3 fully saturated rings. The Kier molecular flexibility index (Phi) is 2.53. The predicted molar refractivity (Wildman–Crippen MR) is 48.4 cm³/mol. The van der Waals surface area contributed by atoms with Gasteiger partial charge in [0, 0.05) is 17.9 Å². The topological polar surface area (TPSA) is 73.9 Å². The molecule has 5 heteroatoms. The summed E-state index contributed by atoms with van der Waals surface area (Å²) in [5, 5.41) is 8.85. The number of hydrogen-bond donors (Lipinski definition) is 2. The quantitative estimate of drug-likeness (QED) is 0.642. The molecule has 2 bridgehead atoms. The average molecular weight is 203 g/mol. The van der Waals surface area contributed by atoms with Crippen molar-refractivity contribution >= 4 is 0 Å². The summed E-state index contributed by atoms with van der Waals surface area (Å²) in [7, 11) is 0. The number of aliphatic hydroxyl groups is 1. The summed E-state index contributed by atoms with van der Waals surface area (Å²) in [5.74, 6) is -1.00. The van der Waals surface area contributed by atoms with E-state index in [-0.39, 0.29) is 18.1 Å². The van der Waals surface area contributed by atoms with Gasteiger partial charge in [0.2, 0.25) is 0 Å². The summed E-state index contributed by atoms with van der Waals surface area (Å²) in [6, 6.07) is -0.363. The lowest BCUT2D eigenvalue weighted by atomic mass is 9.91. The van der Waals surface area contributed by atoms with Gasteiger partial charge < -0.3 is 25.1 Å². The molecule has 0 aliphatic carbocycles. The maximum atomic E-state index is 8.85. The zero-order valence-corrected chi connectivity index (χ0v) is 8.36. The van der Waals surface area contributed by atoms with E-state index < -0.39 is 5.97 Å². The molecule has 82 valence electrons. The highest BCUT2D eigenvalue weighted by Gasteiger charge is 2.50. The second-order valence-corrected chi connectivity index (χ2v) is 4.51. The van der Waals surface area contributed by atoms with E-state index in [2.05, 4.69) is 6.92 Å². The highest BCUT2D eigenvalue weighted by Crippen LogP contribution is 2.39. The summed E-state index contributed by atoms with van der Waals surface area (Å²) in [6.45, 7) is 3.86. The summed E-state index contributed by atoms with van der Waals surface area (Å²) >= 11 is 0. The highest BCUT2D eigenvalue weighted by molar-refractivity contribution is 4.86. The van der Waals surface area contributed by atoms with Crippen LogP contribution in [-0.2, 0) is 14.2 Å². The number of hydrogen-bond acceptors (Lipinski definition) is 5. The molecule has 0 unspecified atom stereocenters. The van der Waals surface area contributed by atoms with Gasteiger partial charge in [-0.05, 0) is 0 Å². The molecule has 3 heterocycles. The fourth-order valence-electron chi connectivity index (χ4n) is 1.67. The van der Waals surface area contributed by atoms with Gasteiger partial charge >= 0.3 is 0 Å². The Morgan fingerprint density at radius 1 is 1.29 bits per heavy atom. The molecule has 0 amide bonds. The SMILES string of the molecule is CC12COC(C[C@H](N)CO)(OC1)OC2. The second-order valence-electron chi connectivity index (χ2n) is 4.51. The number of ether oxygens (including phenoxy) is 3. The largest absolute Gasteiger partial charge is 0.395 e. The van der Waals surface area contributed by atoms with Crippen LogP contribution < -0.4 is 5.73 Å². The fraction of sp³-hybridized carbons (Fsp3) is 1.00. The van der Waals surface area contributed by atoms with Crippen LogP contribution in [0.2, 0.25) is 0 Å². The smallest absolute Gasteiger partial charge is 0.284 e. The van der Waals surface area contributed by atoms with E-state index in [4.69, 9.17) is 25.1 Å². The van der Waals surface area contributed by atoms with Crippen LogP contribution >= 0.6 is 0 Å². The van der Waals surface area contributed by atoms with Crippen LogP contribution in [0.15, 0.2) is 0 Å². The van der Waals surface area contributed by atoms with Gasteiger partial charge in [-0.15, -0.1) is 0 Å². The molecule has 0 saturated carbocycles. The Morgan fingerprint density at radius 3 is 2.21 bits per heavy atom. The van der Waals surface area contributed by atoms with Gasteiger partial charge in [0.15, 0.2) is 0 Å². The Bertz CT molecular complexity index is 196. The van der Waals surface area contributed by atoms with Crippen molar-refractivity contribution in [3.8, 4) is 0 Å². The molecule has 3 rings (SSSR count). The number of aliphatic hydroxyl groups excluding tert-OH is 1. The summed E-state index contributed by atoms with van der Waals surface area (Å²) < 4.78 is 16.5. The maximum Gasteiger partial charge on any atom is 0.284 e. The van der Waals surface area contributed by atoms with Crippen LogP contribution in [0.1, 0.15) is 13.3 Å². The Hall–Kier alpha value is -0.200. The summed E-state index contributed by atoms with van der Waals surface area (Å²) in [4.78, 5) is 0. The third-order valence-electron chi connectivity index (χ3n) is 2.67. The van der Waals surface area contributed by atoms with Crippen molar-refractivity contribution in [2.24, 2.45) is 11.1 Å². The van der Waals surface area contributed by atoms with Crippen LogP contribution in [0, 0.1) is 5.41 Å². The van der Waals surface area contributed by atoms with E-state index in [9.17, 15) is 0 Å². The molecule has 3 aliphatic heterocycles. The van der Waals surface area contributed by atoms with Crippen LogP contribution in [0.25, 0.3) is 0 Å². The van der Waals surface area contributed by atoms with Crippen molar-refractivity contribution in [3.63, 3.8) is 0 Å². The normalized spacial score (nSPS) is 43.9. The standard InChI is InChI=1S/C9H17NO4/c1-8-4-12-9(13-5-8,14-6-8)2-7(10)3-11/h7,11H,2-6,10H2,1H3/t7-,8?,9?/m0/s1. The first-order valence-electron chi connectivity index (χ1n) is 4.86. The number of rotatable bonds is 3. The lowest BCUT2D eigenvalue weighted by Crippen LogP contribution is -2.60. The first-order chi connectivity index (χ1) is 6.58. The van der Waals surface area contributed by atoms with Gasteiger partial charge in [-0.3, -0.25) is 0 Å². The van der Waals surface area contributed by atoms with Gasteiger partial charge in [0.1, 0.15) is 0 Å². The van der Waals surface area contributed by atoms with Crippen molar-refractivity contribution in [2.75, 3.05) is 26.4 Å². The van der Waals surface area contributed by atoms with Gasteiger partial charge in [0.25, 0.3) is 5.97 Å². The second kappa shape index (κ2) is 3.43. The van der Waals surface area contributed by atoms with Gasteiger partial charge in [-0.1, -0.05) is 6.92 Å². The van der Waals surface area contributed by atoms with E-state index in [1.807, 2.05) is 0 Å². The van der Waals surface area contributed by atoms with E-state index in [1.54, 1.807) is 0 Å². The monoisotopic (exact) mass is 203 g/mol. The average Bonchev–Trinajstić information content (AvgIpc) is 2.20. The molecule has 1 atom stereocenters. The van der Waals surface area contributed by atoms with Crippen LogP contribution in [-0.4, -0.2) is 43.5 Å². The number of nitrogens with two attached hydrogens (primary N) is 1. The third-order valence-corrected chi connectivity index (χ3v) is 2.67. The molecular formula is C9H17NO4. The van der Waals surface area contributed by atoms with Crippen molar-refractivity contribution in [3.05, 3.63) is 0 Å². The summed E-state index contributed by atoms with van der Waals surface area (Å²) in [6.07, 6.45) is 0.375. The molecule has 3 saturated heterocycles. The predicted octanol–water partition coefficient (Wildman–Crippen LogP) is -0.567. The molecular weight excluding hydrogens is 186 g/mol. The first kappa shape index (κ1) is 10.3. The molecule has 0 aromatic carbocycles.